The van der Waals surface area contributed by atoms with Crippen molar-refractivity contribution in [1.29, 1.82) is 0 Å². The zero-order valence-corrected chi connectivity index (χ0v) is 14.2. The number of ether oxygens (including phenoxy) is 1. The van der Waals surface area contributed by atoms with Gasteiger partial charge in [-0.1, -0.05) is 0 Å². The van der Waals surface area contributed by atoms with Crippen LogP contribution in [0.1, 0.15) is 48.1 Å². The maximum absolute atomic E-state index is 5.65. The van der Waals surface area contributed by atoms with Crippen LogP contribution in [0, 0.1) is 20.8 Å². The van der Waals surface area contributed by atoms with E-state index in [2.05, 4.69) is 27.2 Å². The highest BCUT2D eigenvalue weighted by Crippen LogP contribution is 2.27. The van der Waals surface area contributed by atoms with Crippen molar-refractivity contribution < 1.29 is 4.74 Å². The van der Waals surface area contributed by atoms with Crippen LogP contribution in [0.5, 0.6) is 5.88 Å². The molecule has 0 spiro atoms. The van der Waals surface area contributed by atoms with Gasteiger partial charge in [-0.25, -0.2) is 9.97 Å². The molecule has 21 heavy (non-hydrogen) atoms. The maximum Gasteiger partial charge on any atom is 0.226 e. The molecule has 1 unspecified atom stereocenters. The van der Waals surface area contributed by atoms with Gasteiger partial charge in [0, 0.05) is 16.6 Å². The molecule has 2 heterocycles. The number of thiazole rings is 1. The van der Waals surface area contributed by atoms with Crippen molar-refractivity contribution in [3.63, 3.8) is 0 Å². The lowest BCUT2D eigenvalue weighted by Gasteiger charge is -2.15. The summed E-state index contributed by atoms with van der Waals surface area (Å²) in [6, 6.07) is 1.96. The van der Waals surface area contributed by atoms with Gasteiger partial charge in [0.05, 0.1) is 22.8 Å². The summed E-state index contributed by atoms with van der Waals surface area (Å²) in [7, 11) is 0. The topological polar surface area (TPSA) is 59.9 Å². The molecule has 1 atom stereocenters. The van der Waals surface area contributed by atoms with Gasteiger partial charge >= 0.3 is 0 Å². The van der Waals surface area contributed by atoms with Crippen molar-refractivity contribution in [1.82, 2.24) is 15.0 Å². The van der Waals surface area contributed by atoms with Gasteiger partial charge in [-0.15, -0.1) is 11.3 Å². The molecule has 2 aromatic rings. The molecule has 2 aromatic heterocycles. The average molecular weight is 306 g/mol. The van der Waals surface area contributed by atoms with Crippen LogP contribution in [0.15, 0.2) is 6.07 Å². The minimum absolute atomic E-state index is 0.0935. The highest BCUT2D eigenvalue weighted by Gasteiger charge is 2.15. The van der Waals surface area contributed by atoms with Gasteiger partial charge < -0.3 is 10.1 Å². The molecule has 0 amide bonds. The van der Waals surface area contributed by atoms with Crippen LogP contribution >= 0.6 is 11.3 Å². The third-order valence-electron chi connectivity index (χ3n) is 2.87. The van der Waals surface area contributed by atoms with E-state index in [4.69, 9.17) is 4.74 Å². The Bertz CT molecular complexity index is 624. The molecule has 0 bridgehead atoms. The van der Waals surface area contributed by atoms with Crippen LogP contribution in [0.25, 0.3) is 0 Å². The van der Waals surface area contributed by atoms with E-state index < -0.39 is 0 Å². The van der Waals surface area contributed by atoms with Gasteiger partial charge in [-0.05, 0) is 41.5 Å². The molecular weight excluding hydrogens is 284 g/mol. The van der Waals surface area contributed by atoms with E-state index in [1.807, 2.05) is 40.7 Å². The summed E-state index contributed by atoms with van der Waals surface area (Å²) in [6.45, 7) is 12.0. The molecule has 2 rings (SSSR count). The largest absolute Gasteiger partial charge is 0.475 e. The standard InChI is InChI=1S/C15H22N4OS/c1-8(2)20-13-7-9(3)16-15(19-13)18-11(5)14-10(4)17-12(6)21-14/h7-8,11H,1-6H3,(H,16,18,19). The molecule has 0 aliphatic rings. The van der Waals surface area contributed by atoms with E-state index in [0.29, 0.717) is 11.8 Å². The fourth-order valence-corrected chi connectivity index (χ4v) is 3.04. The van der Waals surface area contributed by atoms with Gasteiger partial charge in [0.25, 0.3) is 0 Å². The van der Waals surface area contributed by atoms with E-state index in [9.17, 15) is 0 Å². The number of hydrogen-bond acceptors (Lipinski definition) is 6. The zero-order chi connectivity index (χ0) is 15.6. The van der Waals surface area contributed by atoms with E-state index in [-0.39, 0.29) is 12.1 Å². The third-order valence-corrected chi connectivity index (χ3v) is 4.12. The van der Waals surface area contributed by atoms with Gasteiger partial charge in [0.2, 0.25) is 11.8 Å². The highest BCUT2D eigenvalue weighted by atomic mass is 32.1. The van der Waals surface area contributed by atoms with Crippen LogP contribution in [-0.2, 0) is 0 Å². The summed E-state index contributed by atoms with van der Waals surface area (Å²) in [5, 5.41) is 4.41. The summed E-state index contributed by atoms with van der Waals surface area (Å²) in [4.78, 5) is 14.5. The number of rotatable bonds is 5. The normalized spacial score (nSPS) is 12.5. The summed E-state index contributed by atoms with van der Waals surface area (Å²) in [5.41, 5.74) is 1.94. The number of aryl methyl sites for hydroxylation is 3. The van der Waals surface area contributed by atoms with Crippen molar-refractivity contribution >= 4 is 17.3 Å². The second kappa shape index (κ2) is 6.39. The number of nitrogens with one attached hydrogen (secondary N) is 1. The third kappa shape index (κ3) is 4.14. The summed E-state index contributed by atoms with van der Waals surface area (Å²) < 4.78 is 5.65. The Hall–Kier alpha value is -1.69. The lowest BCUT2D eigenvalue weighted by Crippen LogP contribution is -2.12. The fraction of sp³-hybridized carbons (Fsp3) is 0.533. The molecule has 114 valence electrons. The number of anilines is 1. The Morgan fingerprint density at radius 2 is 1.81 bits per heavy atom. The van der Waals surface area contributed by atoms with Crippen LogP contribution < -0.4 is 10.1 Å². The average Bonchev–Trinajstić information content (AvgIpc) is 2.66. The summed E-state index contributed by atoms with van der Waals surface area (Å²) in [6.07, 6.45) is 0.0935. The smallest absolute Gasteiger partial charge is 0.226 e. The van der Waals surface area contributed by atoms with Crippen LogP contribution in [0.3, 0.4) is 0 Å². The number of aromatic nitrogens is 3. The first-order valence-electron chi connectivity index (χ1n) is 7.08. The van der Waals surface area contributed by atoms with Crippen LogP contribution in [0.2, 0.25) is 0 Å². The maximum atomic E-state index is 5.65. The van der Waals surface area contributed by atoms with Crippen molar-refractivity contribution in [2.45, 2.75) is 53.7 Å². The predicted molar refractivity (Wildman–Crippen MR) is 86.2 cm³/mol. The molecule has 0 aliphatic heterocycles. The van der Waals surface area contributed by atoms with E-state index >= 15 is 0 Å². The zero-order valence-electron chi connectivity index (χ0n) is 13.4. The fourth-order valence-electron chi connectivity index (χ4n) is 2.11. The number of hydrogen-bond donors (Lipinski definition) is 1. The SMILES string of the molecule is Cc1cc(OC(C)C)nc(NC(C)c2sc(C)nc2C)n1. The van der Waals surface area contributed by atoms with Crippen LogP contribution in [0.4, 0.5) is 5.95 Å². The van der Waals surface area contributed by atoms with E-state index in [0.717, 1.165) is 16.4 Å². The minimum Gasteiger partial charge on any atom is -0.475 e. The Balaban J connectivity index is 2.18. The first kappa shape index (κ1) is 15.7. The van der Waals surface area contributed by atoms with Gasteiger partial charge in [0.15, 0.2) is 0 Å². The summed E-state index contributed by atoms with van der Waals surface area (Å²) in [5.74, 6) is 1.19. The molecule has 0 radical (unpaired) electrons. The predicted octanol–water partition coefficient (Wildman–Crippen LogP) is 3.82. The first-order chi connectivity index (χ1) is 9.85. The summed E-state index contributed by atoms with van der Waals surface area (Å²) >= 11 is 1.70. The lowest BCUT2D eigenvalue weighted by atomic mass is 10.2. The monoisotopic (exact) mass is 306 g/mol. The molecule has 1 N–H and O–H groups in total. The molecule has 6 heteroatoms. The quantitative estimate of drug-likeness (QED) is 0.910. The Labute approximate surface area is 129 Å². The second-order valence-corrected chi connectivity index (χ2v) is 6.62. The van der Waals surface area contributed by atoms with E-state index in [1.165, 1.54) is 4.88 Å². The molecule has 0 aliphatic carbocycles. The molecule has 5 nitrogen and oxygen atoms in total. The van der Waals surface area contributed by atoms with Crippen molar-refractivity contribution in [3.8, 4) is 5.88 Å². The van der Waals surface area contributed by atoms with Gasteiger partial charge in [-0.3, -0.25) is 0 Å². The molecular formula is C15H22N4OS. The Kier molecular flexibility index (Phi) is 4.77. The van der Waals surface area contributed by atoms with Gasteiger partial charge in [0.1, 0.15) is 0 Å². The molecule has 0 fully saturated rings. The highest BCUT2D eigenvalue weighted by molar-refractivity contribution is 7.11. The Morgan fingerprint density at radius 3 is 2.38 bits per heavy atom. The minimum atomic E-state index is 0.0935. The molecule has 0 saturated heterocycles. The Morgan fingerprint density at radius 1 is 1.10 bits per heavy atom. The van der Waals surface area contributed by atoms with Crippen molar-refractivity contribution in [2.75, 3.05) is 5.32 Å². The van der Waals surface area contributed by atoms with Gasteiger partial charge in [-0.2, -0.15) is 4.98 Å². The first-order valence-corrected chi connectivity index (χ1v) is 7.89. The van der Waals surface area contributed by atoms with Crippen molar-refractivity contribution in [3.05, 3.63) is 27.3 Å². The van der Waals surface area contributed by atoms with E-state index in [1.54, 1.807) is 11.3 Å². The second-order valence-electron chi connectivity index (χ2n) is 5.39. The lowest BCUT2D eigenvalue weighted by molar-refractivity contribution is 0.232. The number of nitrogens with zero attached hydrogens (tertiary/aromatic N) is 3. The molecule has 0 saturated carbocycles. The molecule has 0 aromatic carbocycles. The van der Waals surface area contributed by atoms with Crippen LogP contribution in [-0.4, -0.2) is 21.1 Å². The van der Waals surface area contributed by atoms with Crippen molar-refractivity contribution in [2.24, 2.45) is 0 Å².